The van der Waals surface area contributed by atoms with Crippen molar-refractivity contribution in [3.05, 3.63) is 50.4 Å². The Balaban J connectivity index is 0.000000354. The molecule has 2 nitrogen and oxygen atoms in total. The molecule has 0 aromatic carbocycles. The number of nitrogens with zero attached hydrogens (tertiary/aromatic N) is 1. The molecule has 0 aliphatic rings. The maximum Gasteiger partial charge on any atom is 0.158 e. The number of aryl methyl sites for hydroxylation is 4. The number of thiazole rings is 2. The average Bonchev–Trinajstić information content (AvgIpc) is 2.99. The molecule has 2 aromatic rings. The van der Waals surface area contributed by atoms with Gasteiger partial charge in [0.1, 0.15) is 0 Å². The zero-order chi connectivity index (χ0) is 17.8. The van der Waals surface area contributed by atoms with Crippen LogP contribution in [-0.4, -0.2) is 21.1 Å². The number of halogens is 1. The van der Waals surface area contributed by atoms with E-state index >= 15 is 0 Å². The molecule has 7 heteroatoms. The molecule has 0 aliphatic heterocycles. The standard InChI is InChI=1S/C8H11NS2.C5H7NS2.C3H5Br/c1-4-5-10-8-9-6(2)7(3)11-8;1-3-4(2)8-5(7)6-3;1-2-3-4/h4H,1,5H2,2-3H3;1-2H3,(H,6,7);2H,1,3H2. The highest BCUT2D eigenvalue weighted by Crippen LogP contribution is 2.26. The zero-order valence-corrected chi connectivity index (χ0v) is 18.8. The molecule has 0 bridgehead atoms. The number of hydrogen-bond donors (Lipinski definition) is 1. The molecule has 0 aliphatic carbocycles. The van der Waals surface area contributed by atoms with Gasteiger partial charge in [-0.3, -0.25) is 0 Å². The third-order valence-electron chi connectivity index (χ3n) is 2.51. The number of aromatic amines is 1. The smallest absolute Gasteiger partial charge is 0.158 e. The predicted molar refractivity (Wildman–Crippen MR) is 115 cm³/mol. The minimum Gasteiger partial charge on any atom is -0.341 e. The Morgan fingerprint density at radius 1 is 1.17 bits per heavy atom. The number of aromatic nitrogens is 2. The first-order valence-corrected chi connectivity index (χ1v) is 11.0. The van der Waals surface area contributed by atoms with Gasteiger partial charge in [0.05, 0.1) is 5.69 Å². The summed E-state index contributed by atoms with van der Waals surface area (Å²) in [6.07, 6.45) is 3.69. The summed E-state index contributed by atoms with van der Waals surface area (Å²) < 4.78 is 2.03. The van der Waals surface area contributed by atoms with Crippen LogP contribution in [0.5, 0.6) is 0 Å². The number of H-pyrrole nitrogens is 1. The van der Waals surface area contributed by atoms with Crippen LogP contribution in [0, 0.1) is 31.6 Å². The second-order valence-electron chi connectivity index (χ2n) is 4.36. The van der Waals surface area contributed by atoms with Gasteiger partial charge in [0.15, 0.2) is 8.29 Å². The van der Waals surface area contributed by atoms with Crippen LogP contribution in [0.25, 0.3) is 0 Å². The lowest BCUT2D eigenvalue weighted by Gasteiger charge is -1.86. The van der Waals surface area contributed by atoms with Crippen LogP contribution in [0.1, 0.15) is 21.1 Å². The second-order valence-corrected chi connectivity index (χ2v) is 9.37. The summed E-state index contributed by atoms with van der Waals surface area (Å²) in [7, 11) is 0. The van der Waals surface area contributed by atoms with Gasteiger partial charge in [0, 0.05) is 26.5 Å². The van der Waals surface area contributed by atoms with Crippen molar-refractivity contribution in [3.8, 4) is 0 Å². The fourth-order valence-electron chi connectivity index (χ4n) is 1.12. The minimum absolute atomic E-state index is 0.875. The highest BCUT2D eigenvalue weighted by atomic mass is 79.9. The topological polar surface area (TPSA) is 28.7 Å². The molecule has 0 spiro atoms. The maximum absolute atomic E-state index is 4.88. The first kappa shape index (κ1) is 22.8. The van der Waals surface area contributed by atoms with Crippen LogP contribution >= 0.6 is 62.6 Å². The highest BCUT2D eigenvalue weighted by Gasteiger charge is 2.01. The van der Waals surface area contributed by atoms with Gasteiger partial charge < -0.3 is 4.98 Å². The van der Waals surface area contributed by atoms with Crippen molar-refractivity contribution in [2.24, 2.45) is 0 Å². The SMILES string of the molecule is C=CCBr.C=CCSc1nc(C)c(C)s1.Cc1[nH]c(=S)sc1C. The summed E-state index contributed by atoms with van der Waals surface area (Å²) >= 11 is 13.1. The van der Waals surface area contributed by atoms with E-state index < -0.39 is 0 Å². The molecule has 1 N–H and O–H groups in total. The Kier molecular flexibility index (Phi) is 13.0. The van der Waals surface area contributed by atoms with E-state index in [-0.39, 0.29) is 0 Å². The fourth-order valence-corrected chi connectivity index (χ4v) is 4.25. The van der Waals surface area contributed by atoms with E-state index in [1.54, 1.807) is 40.5 Å². The lowest BCUT2D eigenvalue weighted by Crippen LogP contribution is -1.73. The van der Waals surface area contributed by atoms with Gasteiger partial charge >= 0.3 is 0 Å². The van der Waals surface area contributed by atoms with Gasteiger partial charge in [-0.25, -0.2) is 4.98 Å². The normalized spacial score (nSPS) is 9.26. The quantitative estimate of drug-likeness (QED) is 0.234. The summed E-state index contributed by atoms with van der Waals surface area (Å²) in [5, 5.41) is 0.896. The van der Waals surface area contributed by atoms with E-state index in [0.717, 1.165) is 25.1 Å². The Labute approximate surface area is 165 Å². The maximum atomic E-state index is 4.88. The number of nitrogens with one attached hydrogen (secondary N) is 1. The highest BCUT2D eigenvalue weighted by molar-refractivity contribution is 9.09. The van der Waals surface area contributed by atoms with Crippen molar-refractivity contribution in [1.29, 1.82) is 0 Å². The number of allylic oxidation sites excluding steroid dienone is 1. The third kappa shape index (κ3) is 10.3. The van der Waals surface area contributed by atoms with E-state index in [2.05, 4.69) is 52.9 Å². The number of alkyl halides is 1. The number of thioether (sulfide) groups is 1. The van der Waals surface area contributed by atoms with Gasteiger partial charge in [-0.05, 0) is 39.9 Å². The van der Waals surface area contributed by atoms with Crippen molar-refractivity contribution in [2.75, 3.05) is 11.1 Å². The lowest BCUT2D eigenvalue weighted by molar-refractivity contribution is 1.14. The average molecular weight is 452 g/mol. The molecule has 2 rings (SSSR count). The molecule has 0 atom stereocenters. The first-order chi connectivity index (χ1) is 10.8. The summed E-state index contributed by atoms with van der Waals surface area (Å²) in [6.45, 7) is 15.3. The molecule has 0 fully saturated rings. The lowest BCUT2D eigenvalue weighted by atomic mass is 10.4. The van der Waals surface area contributed by atoms with E-state index in [9.17, 15) is 0 Å². The summed E-state index contributed by atoms with van der Waals surface area (Å²) in [5.74, 6) is 0.951. The van der Waals surface area contributed by atoms with Gasteiger partial charge in [0.2, 0.25) is 0 Å². The molecule has 0 saturated carbocycles. The van der Waals surface area contributed by atoms with Crippen LogP contribution in [0.2, 0.25) is 0 Å². The predicted octanol–water partition coefficient (Wildman–Crippen LogP) is 7.03. The Bertz CT molecular complexity index is 613. The zero-order valence-electron chi connectivity index (χ0n) is 13.9. The van der Waals surface area contributed by atoms with Crippen molar-refractivity contribution >= 4 is 62.6 Å². The van der Waals surface area contributed by atoms with Crippen molar-refractivity contribution in [1.82, 2.24) is 9.97 Å². The molecule has 23 heavy (non-hydrogen) atoms. The molecular formula is C16H23BrN2S4. The molecule has 0 amide bonds. The van der Waals surface area contributed by atoms with Crippen LogP contribution in [-0.2, 0) is 0 Å². The largest absolute Gasteiger partial charge is 0.341 e. The Morgan fingerprint density at radius 3 is 2.04 bits per heavy atom. The monoisotopic (exact) mass is 450 g/mol. The van der Waals surface area contributed by atoms with Crippen molar-refractivity contribution < 1.29 is 0 Å². The van der Waals surface area contributed by atoms with E-state index in [1.807, 2.05) is 19.9 Å². The van der Waals surface area contributed by atoms with Crippen molar-refractivity contribution in [2.45, 2.75) is 32.0 Å². The molecule has 0 unspecified atom stereocenters. The molecular weight excluding hydrogens is 428 g/mol. The van der Waals surface area contributed by atoms with Gasteiger partial charge in [-0.2, -0.15) is 0 Å². The molecule has 128 valence electrons. The van der Waals surface area contributed by atoms with E-state index in [1.165, 1.54) is 15.4 Å². The second kappa shape index (κ2) is 13.1. The third-order valence-corrected chi connectivity index (χ3v) is 6.43. The molecule has 0 saturated heterocycles. The first-order valence-electron chi connectivity index (χ1n) is 6.86. The number of hydrogen-bond acceptors (Lipinski definition) is 5. The van der Waals surface area contributed by atoms with Crippen LogP contribution in [0.3, 0.4) is 0 Å². The van der Waals surface area contributed by atoms with Crippen LogP contribution < -0.4 is 0 Å². The Hall–Kier alpha value is -0.210. The minimum atomic E-state index is 0.875. The molecule has 2 aromatic heterocycles. The fraction of sp³-hybridized carbons (Fsp3) is 0.375. The van der Waals surface area contributed by atoms with Gasteiger partial charge in [-0.15, -0.1) is 35.8 Å². The van der Waals surface area contributed by atoms with Gasteiger partial charge in [0.25, 0.3) is 0 Å². The molecule has 2 heterocycles. The number of rotatable bonds is 4. The molecule has 0 radical (unpaired) electrons. The van der Waals surface area contributed by atoms with Crippen LogP contribution in [0.4, 0.5) is 0 Å². The summed E-state index contributed by atoms with van der Waals surface area (Å²) in [6, 6.07) is 0. The summed E-state index contributed by atoms with van der Waals surface area (Å²) in [4.78, 5) is 10.0. The van der Waals surface area contributed by atoms with Crippen LogP contribution in [0.15, 0.2) is 29.6 Å². The Morgan fingerprint density at radius 2 is 1.78 bits per heavy atom. The summed E-state index contributed by atoms with van der Waals surface area (Å²) in [5.41, 5.74) is 2.35. The van der Waals surface area contributed by atoms with E-state index in [0.29, 0.717) is 0 Å². The van der Waals surface area contributed by atoms with Gasteiger partial charge in [-0.1, -0.05) is 39.8 Å². The van der Waals surface area contributed by atoms with E-state index in [4.69, 9.17) is 12.2 Å². The van der Waals surface area contributed by atoms with Crippen molar-refractivity contribution in [3.63, 3.8) is 0 Å².